The zero-order chi connectivity index (χ0) is 10.8. The van der Waals surface area contributed by atoms with E-state index >= 15 is 0 Å². The third-order valence-electron chi connectivity index (χ3n) is 2.28. The summed E-state index contributed by atoms with van der Waals surface area (Å²) in [6.07, 6.45) is 5.05. The monoisotopic (exact) mass is 209 g/mol. The molecule has 0 aromatic carbocycles. The lowest BCUT2D eigenvalue weighted by atomic mass is 9.88. The van der Waals surface area contributed by atoms with Crippen LogP contribution in [0.4, 0.5) is 0 Å². The van der Waals surface area contributed by atoms with E-state index in [4.69, 9.17) is 4.43 Å². The highest BCUT2D eigenvalue weighted by molar-refractivity contribution is 6.69. The van der Waals surface area contributed by atoms with Crippen LogP contribution in [0.25, 0.3) is 0 Å². The lowest BCUT2D eigenvalue weighted by molar-refractivity contribution is 0.150. The molecule has 0 amide bonds. The second kappa shape index (κ2) is 3.88. The van der Waals surface area contributed by atoms with Crippen molar-refractivity contribution in [1.82, 2.24) is 0 Å². The van der Waals surface area contributed by atoms with E-state index in [0.717, 1.165) is 19.3 Å². The summed E-state index contributed by atoms with van der Waals surface area (Å²) in [4.78, 5) is 0. The van der Waals surface area contributed by atoms with Crippen molar-refractivity contribution in [3.63, 3.8) is 0 Å². The number of rotatable bonds is 2. The van der Waals surface area contributed by atoms with Gasteiger partial charge >= 0.3 is 0 Å². The number of hydrogen-bond acceptors (Lipinski definition) is 2. The molecule has 1 atom stereocenters. The second-order valence-corrected chi connectivity index (χ2v) is 9.49. The van der Waals surface area contributed by atoms with E-state index < -0.39 is 13.9 Å². The Labute approximate surface area is 87.7 Å². The van der Waals surface area contributed by atoms with E-state index in [-0.39, 0.29) is 0 Å². The molecule has 1 aliphatic carbocycles. The first-order valence-corrected chi connectivity index (χ1v) is 8.57. The van der Waals surface area contributed by atoms with E-state index in [1.165, 1.54) is 5.57 Å². The molecule has 0 heterocycles. The Morgan fingerprint density at radius 3 is 2.57 bits per heavy atom. The highest BCUT2D eigenvalue weighted by Crippen LogP contribution is 2.31. The van der Waals surface area contributed by atoms with E-state index in [0.29, 0.717) is 0 Å². The molecule has 0 bridgehead atoms. The second-order valence-electron chi connectivity index (χ2n) is 5.06. The van der Waals surface area contributed by atoms with Crippen molar-refractivity contribution in [2.24, 2.45) is 0 Å². The molecule has 2 nitrogen and oxygen atoms in total. The Bertz CT molecular complexity index is 285. The van der Waals surface area contributed by atoms with Crippen LogP contribution in [0.2, 0.25) is 19.6 Å². The predicted octanol–water partition coefficient (Wildman–Crippen LogP) is 3.23. The van der Waals surface area contributed by atoms with Crippen LogP contribution in [-0.4, -0.2) is 13.9 Å². The quantitative estimate of drug-likeness (QED) is 0.517. The highest BCUT2D eigenvalue weighted by Gasteiger charge is 2.35. The Kier molecular flexibility index (Phi) is 3.18. The van der Waals surface area contributed by atoms with Crippen LogP contribution in [0.3, 0.4) is 0 Å². The van der Waals surface area contributed by atoms with Gasteiger partial charge < -0.3 is 4.43 Å². The molecule has 0 aromatic heterocycles. The molecule has 1 unspecified atom stereocenters. The average Bonchev–Trinajstić information content (AvgIpc) is 2.01. The molecule has 0 saturated carbocycles. The first kappa shape index (κ1) is 11.5. The maximum atomic E-state index is 9.23. The van der Waals surface area contributed by atoms with Crippen LogP contribution in [-0.2, 0) is 4.43 Å². The van der Waals surface area contributed by atoms with E-state index in [2.05, 4.69) is 32.6 Å². The Balaban J connectivity index is 2.88. The first-order valence-electron chi connectivity index (χ1n) is 5.17. The van der Waals surface area contributed by atoms with E-state index in [1.807, 2.05) is 6.08 Å². The summed E-state index contributed by atoms with van der Waals surface area (Å²) in [6.45, 7) is 8.47. The molecular formula is C11H19NOSi. The molecule has 1 rings (SSSR count). The summed E-state index contributed by atoms with van der Waals surface area (Å²) in [5, 5.41) is 9.23. The van der Waals surface area contributed by atoms with Crippen molar-refractivity contribution in [1.29, 1.82) is 5.26 Å². The standard InChI is InChI=1S/C11H19NOSi/c1-10-6-5-7-11(8-10,9-12)13-14(2,3)4/h8H,5-7H2,1-4H3. The summed E-state index contributed by atoms with van der Waals surface area (Å²) < 4.78 is 5.99. The average molecular weight is 209 g/mol. The van der Waals surface area contributed by atoms with Crippen molar-refractivity contribution < 1.29 is 4.43 Å². The molecule has 0 saturated heterocycles. The smallest absolute Gasteiger partial charge is 0.186 e. The lowest BCUT2D eigenvalue weighted by Crippen LogP contribution is -2.41. The minimum atomic E-state index is -1.63. The minimum absolute atomic E-state index is 0.618. The minimum Gasteiger partial charge on any atom is -0.397 e. The van der Waals surface area contributed by atoms with Gasteiger partial charge in [0.15, 0.2) is 13.9 Å². The van der Waals surface area contributed by atoms with E-state index in [1.54, 1.807) is 0 Å². The normalized spacial score (nSPS) is 28.1. The molecule has 0 N–H and O–H groups in total. The van der Waals surface area contributed by atoms with Crippen LogP contribution >= 0.6 is 0 Å². The Morgan fingerprint density at radius 2 is 2.14 bits per heavy atom. The lowest BCUT2D eigenvalue weighted by Gasteiger charge is -2.34. The maximum Gasteiger partial charge on any atom is 0.186 e. The molecule has 0 aromatic rings. The van der Waals surface area contributed by atoms with Gasteiger partial charge in [-0.3, -0.25) is 0 Å². The molecule has 14 heavy (non-hydrogen) atoms. The molecule has 1 aliphatic rings. The van der Waals surface area contributed by atoms with Crippen LogP contribution in [0.5, 0.6) is 0 Å². The number of nitriles is 1. The molecule has 0 spiro atoms. The van der Waals surface area contributed by atoms with E-state index in [9.17, 15) is 5.26 Å². The number of nitrogens with zero attached hydrogens (tertiary/aromatic N) is 1. The molecule has 0 fully saturated rings. The zero-order valence-electron chi connectivity index (χ0n) is 9.55. The van der Waals surface area contributed by atoms with Crippen molar-refractivity contribution in [2.45, 2.75) is 51.4 Å². The van der Waals surface area contributed by atoms with Crippen LogP contribution < -0.4 is 0 Å². The fraction of sp³-hybridized carbons (Fsp3) is 0.727. The van der Waals surface area contributed by atoms with Gasteiger partial charge in [0.05, 0.1) is 0 Å². The highest BCUT2D eigenvalue weighted by atomic mass is 28.4. The topological polar surface area (TPSA) is 33.0 Å². The fourth-order valence-electron chi connectivity index (χ4n) is 1.91. The van der Waals surface area contributed by atoms with Crippen molar-refractivity contribution in [3.8, 4) is 6.07 Å². The van der Waals surface area contributed by atoms with Crippen LogP contribution in [0.15, 0.2) is 11.6 Å². The Morgan fingerprint density at radius 1 is 1.50 bits per heavy atom. The largest absolute Gasteiger partial charge is 0.397 e. The molecule has 0 radical (unpaired) electrons. The number of allylic oxidation sites excluding steroid dienone is 1. The van der Waals surface area contributed by atoms with Gasteiger partial charge in [0.1, 0.15) is 6.07 Å². The predicted molar refractivity (Wildman–Crippen MR) is 60.4 cm³/mol. The van der Waals surface area contributed by atoms with Crippen molar-refractivity contribution in [3.05, 3.63) is 11.6 Å². The first-order chi connectivity index (χ1) is 6.37. The summed E-state index contributed by atoms with van der Waals surface area (Å²) >= 11 is 0. The molecule has 0 aliphatic heterocycles. The SMILES string of the molecule is CC1=CC(C#N)(O[Si](C)(C)C)CCC1. The van der Waals surface area contributed by atoms with Gasteiger partial charge in [-0.15, -0.1) is 0 Å². The van der Waals surface area contributed by atoms with Gasteiger partial charge in [-0.2, -0.15) is 5.26 Å². The van der Waals surface area contributed by atoms with Crippen molar-refractivity contribution >= 4 is 8.32 Å². The summed E-state index contributed by atoms with van der Waals surface area (Å²) in [7, 11) is -1.63. The number of hydrogen-bond donors (Lipinski definition) is 0. The van der Waals surface area contributed by atoms with Crippen LogP contribution in [0, 0.1) is 11.3 Å². The molecule has 78 valence electrons. The fourth-order valence-corrected chi connectivity index (χ4v) is 3.21. The summed E-state index contributed by atoms with van der Waals surface area (Å²) in [6, 6.07) is 2.34. The summed E-state index contributed by atoms with van der Waals surface area (Å²) in [5.74, 6) is 0. The van der Waals surface area contributed by atoms with Gasteiger partial charge in [-0.25, -0.2) is 0 Å². The van der Waals surface area contributed by atoms with Gasteiger partial charge in [0, 0.05) is 0 Å². The summed E-state index contributed by atoms with van der Waals surface area (Å²) in [5.41, 5.74) is 0.670. The van der Waals surface area contributed by atoms with Gasteiger partial charge in [-0.1, -0.05) is 5.57 Å². The third-order valence-corrected chi connectivity index (χ3v) is 3.25. The van der Waals surface area contributed by atoms with Crippen molar-refractivity contribution in [2.75, 3.05) is 0 Å². The molecule has 3 heteroatoms. The Hall–Kier alpha value is -0.593. The maximum absolute atomic E-state index is 9.23. The third kappa shape index (κ3) is 2.97. The van der Waals surface area contributed by atoms with Gasteiger partial charge in [-0.05, 0) is 51.9 Å². The van der Waals surface area contributed by atoms with Gasteiger partial charge in [0.25, 0.3) is 0 Å². The van der Waals surface area contributed by atoms with Gasteiger partial charge in [0.2, 0.25) is 0 Å². The zero-order valence-corrected chi connectivity index (χ0v) is 10.6. The van der Waals surface area contributed by atoms with Crippen LogP contribution in [0.1, 0.15) is 26.2 Å². The molecular weight excluding hydrogens is 190 g/mol.